The van der Waals surface area contributed by atoms with E-state index in [1.165, 1.54) is 11.8 Å². The summed E-state index contributed by atoms with van der Waals surface area (Å²) in [7, 11) is 0. The van der Waals surface area contributed by atoms with Crippen molar-refractivity contribution in [1.82, 2.24) is 5.32 Å². The highest BCUT2D eigenvalue weighted by atomic mass is 32.2. The van der Waals surface area contributed by atoms with Crippen molar-refractivity contribution < 1.29 is 22.0 Å². The van der Waals surface area contributed by atoms with E-state index in [0.29, 0.717) is 11.8 Å². The van der Waals surface area contributed by atoms with Crippen molar-refractivity contribution in [3.63, 3.8) is 0 Å². The lowest BCUT2D eigenvalue weighted by atomic mass is 10.2. The van der Waals surface area contributed by atoms with E-state index >= 15 is 0 Å². The third-order valence-corrected chi connectivity index (χ3v) is 4.07. The van der Waals surface area contributed by atoms with Gasteiger partial charge < -0.3 is 5.32 Å². The lowest BCUT2D eigenvalue weighted by Crippen LogP contribution is -2.36. The van der Waals surface area contributed by atoms with E-state index in [4.69, 9.17) is 0 Å². The van der Waals surface area contributed by atoms with Crippen molar-refractivity contribution in [1.29, 1.82) is 0 Å². The summed E-state index contributed by atoms with van der Waals surface area (Å²) in [6.45, 7) is 1.02. The molecule has 0 radical (unpaired) electrons. The van der Waals surface area contributed by atoms with Gasteiger partial charge in [-0.15, -0.1) is 0 Å². The smallest absolute Gasteiger partial charge is 0.314 e. The Bertz CT molecular complexity index is 238. The lowest BCUT2D eigenvalue weighted by Gasteiger charge is -2.19. The van der Waals surface area contributed by atoms with E-state index in [2.05, 4.69) is 5.32 Å². The highest BCUT2D eigenvalue weighted by Gasteiger charge is 2.56. The van der Waals surface area contributed by atoms with Crippen LogP contribution in [0.5, 0.6) is 0 Å². The van der Waals surface area contributed by atoms with Crippen molar-refractivity contribution in [3.05, 3.63) is 0 Å². The first-order chi connectivity index (χ1) is 8.33. The van der Waals surface area contributed by atoms with Crippen molar-refractivity contribution in [2.24, 2.45) is 0 Å². The molecule has 1 N–H and O–H groups in total. The number of alkyl halides is 5. The molecule has 1 aliphatic rings. The van der Waals surface area contributed by atoms with Crippen LogP contribution >= 0.6 is 11.8 Å². The monoisotopic (exact) mass is 291 g/mol. The molecule has 1 fully saturated rings. The Morgan fingerprint density at radius 1 is 1.11 bits per heavy atom. The van der Waals surface area contributed by atoms with Crippen LogP contribution in [0.2, 0.25) is 0 Å². The minimum absolute atomic E-state index is 0.102. The lowest BCUT2D eigenvalue weighted by molar-refractivity contribution is -0.284. The van der Waals surface area contributed by atoms with Crippen LogP contribution < -0.4 is 5.32 Å². The Hall–Kier alpha value is -0.0400. The second-order valence-electron chi connectivity index (χ2n) is 4.50. The average molecular weight is 291 g/mol. The summed E-state index contributed by atoms with van der Waals surface area (Å²) >= 11 is 1.45. The molecule has 0 aromatic rings. The Balaban J connectivity index is 2.01. The molecule has 0 aromatic carbocycles. The maximum absolute atomic E-state index is 12.5. The molecule has 7 heteroatoms. The van der Waals surface area contributed by atoms with Crippen molar-refractivity contribution in [2.75, 3.05) is 18.1 Å². The minimum atomic E-state index is -5.41. The molecule has 18 heavy (non-hydrogen) atoms. The fourth-order valence-corrected chi connectivity index (χ4v) is 2.87. The van der Waals surface area contributed by atoms with Crippen LogP contribution in [0.1, 0.15) is 32.1 Å². The third kappa shape index (κ3) is 5.30. The molecule has 1 nitrogen and oxygen atoms in total. The Morgan fingerprint density at radius 2 is 1.83 bits per heavy atom. The number of halogens is 5. The van der Waals surface area contributed by atoms with Gasteiger partial charge in [0.15, 0.2) is 0 Å². The van der Waals surface area contributed by atoms with Crippen LogP contribution in [0.15, 0.2) is 0 Å². The zero-order valence-electron chi connectivity index (χ0n) is 10.0. The van der Waals surface area contributed by atoms with Crippen LogP contribution in [0.25, 0.3) is 0 Å². The predicted octanol–water partition coefficient (Wildman–Crippen LogP) is 3.84. The van der Waals surface area contributed by atoms with Gasteiger partial charge in [-0.05, 0) is 43.7 Å². The number of nitrogens with one attached hydrogen (secondary N) is 1. The Kier molecular flexibility index (Phi) is 6.17. The van der Waals surface area contributed by atoms with E-state index in [-0.39, 0.29) is 6.42 Å². The van der Waals surface area contributed by atoms with E-state index in [0.717, 1.165) is 31.6 Å². The molecular formula is C11H18F5NS. The van der Waals surface area contributed by atoms with E-state index in [1.807, 2.05) is 0 Å². The number of thioether (sulfide) groups is 1. The maximum Gasteiger partial charge on any atom is 0.453 e. The van der Waals surface area contributed by atoms with Gasteiger partial charge in [-0.1, -0.05) is 0 Å². The SMILES string of the molecule is FC(F)(F)C(F)(F)CCCSCCC1CCCN1. The van der Waals surface area contributed by atoms with Gasteiger partial charge >= 0.3 is 12.1 Å². The molecule has 1 unspecified atom stereocenters. The second kappa shape index (κ2) is 6.93. The molecule has 1 atom stereocenters. The van der Waals surface area contributed by atoms with Gasteiger partial charge in [0.1, 0.15) is 0 Å². The quantitative estimate of drug-likeness (QED) is 0.565. The molecule has 0 bridgehead atoms. The van der Waals surface area contributed by atoms with Gasteiger partial charge in [-0.25, -0.2) is 0 Å². The largest absolute Gasteiger partial charge is 0.453 e. The summed E-state index contributed by atoms with van der Waals surface area (Å²) in [6, 6.07) is 0.495. The number of rotatable bonds is 7. The van der Waals surface area contributed by atoms with Gasteiger partial charge in [-0.2, -0.15) is 33.7 Å². The van der Waals surface area contributed by atoms with E-state index in [9.17, 15) is 22.0 Å². The Labute approximate surface area is 108 Å². The molecule has 0 aromatic heterocycles. The fraction of sp³-hybridized carbons (Fsp3) is 1.00. The van der Waals surface area contributed by atoms with Crippen LogP contribution in [0.4, 0.5) is 22.0 Å². The fourth-order valence-electron chi connectivity index (χ4n) is 1.87. The summed E-state index contributed by atoms with van der Waals surface area (Å²) in [4.78, 5) is 0. The average Bonchev–Trinajstić information content (AvgIpc) is 2.74. The highest BCUT2D eigenvalue weighted by Crippen LogP contribution is 2.39. The Morgan fingerprint density at radius 3 is 2.39 bits per heavy atom. The van der Waals surface area contributed by atoms with Crippen LogP contribution in [-0.4, -0.2) is 36.2 Å². The molecular weight excluding hydrogens is 273 g/mol. The van der Waals surface area contributed by atoms with Crippen molar-refractivity contribution in [3.8, 4) is 0 Å². The first kappa shape index (κ1) is 16.0. The molecule has 0 aliphatic carbocycles. The zero-order valence-corrected chi connectivity index (χ0v) is 10.8. The van der Waals surface area contributed by atoms with Crippen LogP contribution in [0.3, 0.4) is 0 Å². The molecule has 108 valence electrons. The van der Waals surface area contributed by atoms with E-state index < -0.39 is 18.5 Å². The molecule has 1 heterocycles. The number of hydrogen-bond acceptors (Lipinski definition) is 2. The van der Waals surface area contributed by atoms with Crippen molar-refractivity contribution in [2.45, 2.75) is 50.2 Å². The topological polar surface area (TPSA) is 12.0 Å². The van der Waals surface area contributed by atoms with E-state index in [1.54, 1.807) is 0 Å². The first-order valence-electron chi connectivity index (χ1n) is 6.08. The molecule has 1 aliphatic heterocycles. The molecule has 0 amide bonds. The summed E-state index contributed by atoms with van der Waals surface area (Å²) < 4.78 is 60.6. The molecule has 0 saturated carbocycles. The standard InChI is InChI=1S/C11H18F5NS/c12-10(13,11(14,15)16)5-2-7-18-8-4-9-3-1-6-17-9/h9,17H,1-8H2. The normalized spacial score (nSPS) is 21.5. The summed E-state index contributed by atoms with van der Waals surface area (Å²) in [6.07, 6.45) is -3.37. The van der Waals surface area contributed by atoms with Crippen molar-refractivity contribution >= 4 is 11.8 Å². The van der Waals surface area contributed by atoms with Gasteiger partial charge in [0.25, 0.3) is 0 Å². The molecule has 0 spiro atoms. The van der Waals surface area contributed by atoms with Gasteiger partial charge in [0.2, 0.25) is 0 Å². The maximum atomic E-state index is 12.5. The van der Waals surface area contributed by atoms with Gasteiger partial charge in [-0.3, -0.25) is 0 Å². The van der Waals surface area contributed by atoms with Gasteiger partial charge in [0, 0.05) is 12.5 Å². The summed E-state index contributed by atoms with van der Waals surface area (Å²) in [5, 5.41) is 3.31. The molecule has 1 saturated heterocycles. The predicted molar refractivity (Wildman–Crippen MR) is 63.2 cm³/mol. The minimum Gasteiger partial charge on any atom is -0.314 e. The second-order valence-corrected chi connectivity index (χ2v) is 5.72. The zero-order chi connectivity index (χ0) is 13.6. The summed E-state index contributed by atoms with van der Waals surface area (Å²) in [5.41, 5.74) is 0. The van der Waals surface area contributed by atoms with Crippen LogP contribution in [0, 0.1) is 0 Å². The highest BCUT2D eigenvalue weighted by molar-refractivity contribution is 7.99. The summed E-state index contributed by atoms with van der Waals surface area (Å²) in [5.74, 6) is -3.37. The first-order valence-corrected chi connectivity index (χ1v) is 7.24. The number of hydrogen-bond donors (Lipinski definition) is 1. The van der Waals surface area contributed by atoms with Gasteiger partial charge in [0.05, 0.1) is 0 Å². The van der Waals surface area contributed by atoms with Crippen LogP contribution in [-0.2, 0) is 0 Å². The molecule has 1 rings (SSSR count). The third-order valence-electron chi connectivity index (χ3n) is 2.97.